The molecule has 84 valence electrons. The van der Waals surface area contributed by atoms with E-state index >= 15 is 0 Å². The molecule has 4 heteroatoms. The summed E-state index contributed by atoms with van der Waals surface area (Å²) in [4.78, 5) is 0. The van der Waals surface area contributed by atoms with Crippen molar-refractivity contribution >= 4 is 0 Å². The molecule has 2 N–H and O–H groups in total. The van der Waals surface area contributed by atoms with Crippen molar-refractivity contribution in [2.75, 3.05) is 7.05 Å². The van der Waals surface area contributed by atoms with Crippen LogP contribution in [0.25, 0.3) is 0 Å². The van der Waals surface area contributed by atoms with E-state index in [0.717, 1.165) is 29.9 Å². The van der Waals surface area contributed by atoms with Crippen LogP contribution >= 0.6 is 0 Å². The van der Waals surface area contributed by atoms with E-state index in [4.69, 9.17) is 4.52 Å². The highest BCUT2D eigenvalue weighted by Gasteiger charge is 2.35. The molecule has 4 nitrogen and oxygen atoms in total. The van der Waals surface area contributed by atoms with Crippen molar-refractivity contribution in [3.63, 3.8) is 0 Å². The highest BCUT2D eigenvalue weighted by molar-refractivity contribution is 5.29. The SMILES string of the molecule is CNCc1onc2c1C(O)CC(C)(C)C2. The molecule has 2 rings (SSSR count). The zero-order chi connectivity index (χ0) is 11.1. The number of aliphatic hydroxyl groups excluding tert-OH is 1. The number of nitrogens with zero attached hydrogens (tertiary/aromatic N) is 1. The molecule has 0 amide bonds. The first kappa shape index (κ1) is 10.6. The van der Waals surface area contributed by atoms with Crippen molar-refractivity contribution in [2.24, 2.45) is 5.41 Å². The first-order valence-electron chi connectivity index (χ1n) is 5.33. The summed E-state index contributed by atoms with van der Waals surface area (Å²) in [5.74, 6) is 0.774. The first-order valence-corrected chi connectivity index (χ1v) is 5.33. The van der Waals surface area contributed by atoms with Gasteiger partial charge in [0.15, 0.2) is 5.76 Å². The Bertz CT molecular complexity index is 357. The second-order valence-corrected chi connectivity index (χ2v) is 5.06. The van der Waals surface area contributed by atoms with Crippen LogP contribution in [0.5, 0.6) is 0 Å². The number of rotatable bonds is 2. The largest absolute Gasteiger partial charge is 0.388 e. The smallest absolute Gasteiger partial charge is 0.156 e. The topological polar surface area (TPSA) is 58.3 Å². The lowest BCUT2D eigenvalue weighted by atomic mass is 9.75. The summed E-state index contributed by atoms with van der Waals surface area (Å²) in [5, 5.41) is 17.1. The van der Waals surface area contributed by atoms with Gasteiger partial charge in [0.25, 0.3) is 0 Å². The van der Waals surface area contributed by atoms with Gasteiger partial charge in [0.05, 0.1) is 18.3 Å². The third-order valence-electron chi connectivity index (χ3n) is 2.94. The van der Waals surface area contributed by atoms with Crippen LogP contribution in [0.15, 0.2) is 4.52 Å². The van der Waals surface area contributed by atoms with E-state index in [1.807, 2.05) is 7.05 Å². The fourth-order valence-corrected chi connectivity index (χ4v) is 2.31. The molecule has 1 atom stereocenters. The fourth-order valence-electron chi connectivity index (χ4n) is 2.31. The van der Waals surface area contributed by atoms with Gasteiger partial charge in [-0.05, 0) is 25.3 Å². The number of nitrogens with one attached hydrogen (secondary N) is 1. The Hall–Kier alpha value is -0.870. The number of aliphatic hydroxyl groups is 1. The summed E-state index contributed by atoms with van der Waals surface area (Å²) < 4.78 is 5.25. The predicted octanol–water partition coefficient (Wildman–Crippen LogP) is 1.40. The second kappa shape index (κ2) is 3.61. The Kier molecular flexibility index (Phi) is 2.56. The van der Waals surface area contributed by atoms with E-state index in [1.165, 1.54) is 0 Å². The van der Waals surface area contributed by atoms with Crippen LogP contribution in [0.3, 0.4) is 0 Å². The lowest BCUT2D eigenvalue weighted by Gasteiger charge is -2.31. The van der Waals surface area contributed by atoms with Crippen LogP contribution in [-0.2, 0) is 13.0 Å². The molecule has 0 aliphatic heterocycles. The van der Waals surface area contributed by atoms with Gasteiger partial charge in [0.1, 0.15) is 0 Å². The minimum absolute atomic E-state index is 0.111. The lowest BCUT2D eigenvalue weighted by molar-refractivity contribution is 0.0984. The van der Waals surface area contributed by atoms with Crippen molar-refractivity contribution in [1.82, 2.24) is 10.5 Å². The van der Waals surface area contributed by atoms with Gasteiger partial charge >= 0.3 is 0 Å². The van der Waals surface area contributed by atoms with Crippen LogP contribution in [0.1, 0.15) is 43.4 Å². The normalized spacial score (nSPS) is 23.9. The predicted molar refractivity (Wildman–Crippen MR) is 56.3 cm³/mol. The highest BCUT2D eigenvalue weighted by Crippen LogP contribution is 2.41. The summed E-state index contributed by atoms with van der Waals surface area (Å²) in [7, 11) is 1.86. The highest BCUT2D eigenvalue weighted by atomic mass is 16.5. The first-order chi connectivity index (χ1) is 7.03. The monoisotopic (exact) mass is 210 g/mol. The Morgan fingerprint density at radius 1 is 1.60 bits per heavy atom. The van der Waals surface area contributed by atoms with Gasteiger partial charge in [-0.15, -0.1) is 0 Å². The van der Waals surface area contributed by atoms with E-state index in [9.17, 15) is 5.11 Å². The molecule has 0 aromatic carbocycles. The van der Waals surface area contributed by atoms with Gasteiger partial charge in [0, 0.05) is 5.56 Å². The molecule has 15 heavy (non-hydrogen) atoms. The maximum atomic E-state index is 10.1. The van der Waals surface area contributed by atoms with Crippen molar-refractivity contribution in [3.8, 4) is 0 Å². The van der Waals surface area contributed by atoms with Crippen molar-refractivity contribution in [3.05, 3.63) is 17.0 Å². The Balaban J connectivity index is 2.34. The van der Waals surface area contributed by atoms with Crippen LogP contribution in [0.4, 0.5) is 0 Å². The van der Waals surface area contributed by atoms with Gasteiger partial charge in [-0.25, -0.2) is 0 Å². The zero-order valence-corrected chi connectivity index (χ0v) is 9.50. The second-order valence-electron chi connectivity index (χ2n) is 5.06. The summed E-state index contributed by atoms with van der Waals surface area (Å²) in [6, 6.07) is 0. The molecule has 0 spiro atoms. The third-order valence-corrected chi connectivity index (χ3v) is 2.94. The van der Waals surface area contributed by atoms with Crippen molar-refractivity contribution in [1.29, 1.82) is 0 Å². The van der Waals surface area contributed by atoms with E-state index in [2.05, 4.69) is 24.3 Å². The molecule has 1 aromatic heterocycles. The van der Waals surface area contributed by atoms with Gasteiger partial charge in [-0.1, -0.05) is 19.0 Å². The van der Waals surface area contributed by atoms with Crippen molar-refractivity contribution < 1.29 is 9.63 Å². The van der Waals surface area contributed by atoms with Crippen LogP contribution in [0, 0.1) is 5.41 Å². The quantitative estimate of drug-likeness (QED) is 0.774. The van der Waals surface area contributed by atoms with Crippen molar-refractivity contribution in [2.45, 2.75) is 39.3 Å². The Labute approximate surface area is 89.7 Å². The number of hydrogen-bond acceptors (Lipinski definition) is 4. The molecule has 0 bridgehead atoms. The summed E-state index contributed by atoms with van der Waals surface area (Å²) in [6.45, 7) is 4.91. The average Bonchev–Trinajstić information content (AvgIpc) is 2.46. The molecule has 1 aliphatic carbocycles. The summed E-state index contributed by atoms with van der Waals surface area (Å²) in [6.07, 6.45) is 1.23. The molecule has 0 fully saturated rings. The van der Waals surface area contributed by atoms with Gasteiger partial charge in [-0.2, -0.15) is 0 Å². The number of hydrogen-bond donors (Lipinski definition) is 2. The molecule has 1 unspecified atom stereocenters. The van der Waals surface area contributed by atoms with Gasteiger partial charge in [0.2, 0.25) is 0 Å². The zero-order valence-electron chi connectivity index (χ0n) is 9.50. The molecule has 1 aromatic rings. The molecule has 0 saturated carbocycles. The van der Waals surface area contributed by atoms with Gasteiger partial charge < -0.3 is 14.9 Å². The molecule has 1 aliphatic rings. The summed E-state index contributed by atoms with van der Waals surface area (Å²) >= 11 is 0. The van der Waals surface area contributed by atoms with Crippen LogP contribution in [-0.4, -0.2) is 17.3 Å². The van der Waals surface area contributed by atoms with Gasteiger partial charge in [-0.3, -0.25) is 0 Å². The number of fused-ring (bicyclic) bond motifs is 1. The van der Waals surface area contributed by atoms with Crippen LogP contribution in [0.2, 0.25) is 0 Å². The Morgan fingerprint density at radius 2 is 2.33 bits per heavy atom. The third kappa shape index (κ3) is 1.92. The Morgan fingerprint density at radius 3 is 3.00 bits per heavy atom. The molecule has 1 heterocycles. The summed E-state index contributed by atoms with van der Waals surface area (Å²) in [5.41, 5.74) is 1.94. The maximum absolute atomic E-state index is 10.1. The fraction of sp³-hybridized carbons (Fsp3) is 0.727. The molecular weight excluding hydrogens is 192 g/mol. The van der Waals surface area contributed by atoms with Crippen LogP contribution < -0.4 is 5.32 Å². The number of aromatic nitrogens is 1. The van der Waals surface area contributed by atoms with E-state index in [1.54, 1.807) is 0 Å². The maximum Gasteiger partial charge on any atom is 0.156 e. The standard InChI is InChI=1S/C11H18N2O2/c1-11(2)4-7-10(8(14)5-11)9(6-12-3)15-13-7/h8,12,14H,4-6H2,1-3H3. The van der Waals surface area contributed by atoms with E-state index in [-0.39, 0.29) is 5.41 Å². The molecule has 0 saturated heterocycles. The van der Waals surface area contributed by atoms with E-state index < -0.39 is 6.10 Å². The average molecular weight is 210 g/mol. The minimum atomic E-state index is -0.432. The lowest BCUT2D eigenvalue weighted by Crippen LogP contribution is -2.26. The molecule has 0 radical (unpaired) electrons. The van der Waals surface area contributed by atoms with E-state index in [0.29, 0.717) is 6.54 Å². The molecular formula is C11H18N2O2. The minimum Gasteiger partial charge on any atom is -0.388 e.